The smallest absolute Gasteiger partial charge is 0.407 e. The van der Waals surface area contributed by atoms with E-state index < -0.39 is 36.0 Å². The average molecular weight is 578 g/mol. The van der Waals surface area contributed by atoms with Crippen molar-refractivity contribution in [3.8, 4) is 5.75 Å². The van der Waals surface area contributed by atoms with E-state index in [9.17, 15) is 19.8 Å². The number of carbonyl (C=O) groups is 2. The molecule has 42 heavy (non-hydrogen) atoms. The zero-order valence-electron chi connectivity index (χ0n) is 24.5. The minimum absolute atomic E-state index is 0.0908. The molecule has 5 N–H and O–H groups in total. The first-order chi connectivity index (χ1) is 20.1. The fourth-order valence-corrected chi connectivity index (χ4v) is 4.34. The number of hydrogen-bond acceptors (Lipinski definition) is 7. The van der Waals surface area contributed by atoms with E-state index in [0.717, 1.165) is 11.1 Å². The molecule has 4 atom stereocenters. The van der Waals surface area contributed by atoms with Crippen LogP contribution in [0.25, 0.3) is 0 Å². The number of benzene rings is 3. The Morgan fingerprint density at radius 1 is 0.714 bits per heavy atom. The first kappa shape index (κ1) is 32.6. The molecule has 0 radical (unpaired) electrons. The van der Waals surface area contributed by atoms with Crippen LogP contribution in [0.2, 0.25) is 0 Å². The van der Waals surface area contributed by atoms with Gasteiger partial charge >= 0.3 is 6.09 Å². The van der Waals surface area contributed by atoms with Crippen molar-refractivity contribution >= 4 is 12.0 Å². The Balaban J connectivity index is 1.59. The van der Waals surface area contributed by atoms with Gasteiger partial charge in [-0.05, 0) is 56.9 Å². The summed E-state index contributed by atoms with van der Waals surface area (Å²) in [7, 11) is 0. The monoisotopic (exact) mass is 577 g/mol. The van der Waals surface area contributed by atoms with Gasteiger partial charge in [0.15, 0.2) is 6.61 Å². The van der Waals surface area contributed by atoms with Crippen LogP contribution >= 0.6 is 0 Å². The van der Waals surface area contributed by atoms with Crippen LogP contribution in [-0.2, 0) is 22.4 Å². The zero-order valence-corrected chi connectivity index (χ0v) is 24.5. The topological polar surface area (TPSA) is 129 Å². The molecule has 0 heterocycles. The van der Waals surface area contributed by atoms with Gasteiger partial charge in [0.05, 0.1) is 24.3 Å². The minimum Gasteiger partial charge on any atom is -0.484 e. The van der Waals surface area contributed by atoms with Crippen molar-refractivity contribution in [1.29, 1.82) is 0 Å². The summed E-state index contributed by atoms with van der Waals surface area (Å²) in [5, 5.41) is 30.9. The molecule has 0 bridgehead atoms. The highest BCUT2D eigenvalue weighted by atomic mass is 16.6. The molecule has 3 aromatic rings. The highest BCUT2D eigenvalue weighted by Gasteiger charge is 2.26. The van der Waals surface area contributed by atoms with Crippen molar-refractivity contribution in [3.63, 3.8) is 0 Å². The fourth-order valence-electron chi connectivity index (χ4n) is 4.34. The van der Waals surface area contributed by atoms with Crippen molar-refractivity contribution in [2.24, 2.45) is 0 Å². The highest BCUT2D eigenvalue weighted by Crippen LogP contribution is 2.12. The quantitative estimate of drug-likeness (QED) is 0.188. The predicted molar refractivity (Wildman–Crippen MR) is 162 cm³/mol. The molecule has 2 amide bonds. The van der Waals surface area contributed by atoms with Crippen molar-refractivity contribution < 1.29 is 29.3 Å². The summed E-state index contributed by atoms with van der Waals surface area (Å²) < 4.78 is 11.0. The van der Waals surface area contributed by atoms with Crippen molar-refractivity contribution in [1.82, 2.24) is 16.0 Å². The Morgan fingerprint density at radius 2 is 1.17 bits per heavy atom. The van der Waals surface area contributed by atoms with Crippen LogP contribution in [0.5, 0.6) is 5.75 Å². The molecule has 3 rings (SSSR count). The molecule has 3 aromatic carbocycles. The van der Waals surface area contributed by atoms with E-state index in [0.29, 0.717) is 18.6 Å². The molecule has 0 unspecified atom stereocenters. The molecule has 0 aliphatic carbocycles. The van der Waals surface area contributed by atoms with Crippen LogP contribution < -0.4 is 20.7 Å². The number of aliphatic hydroxyl groups is 2. The molecule has 0 aliphatic heterocycles. The Morgan fingerprint density at radius 3 is 1.64 bits per heavy atom. The molecule has 9 nitrogen and oxygen atoms in total. The van der Waals surface area contributed by atoms with Crippen LogP contribution in [0.15, 0.2) is 91.0 Å². The molecule has 0 fully saturated rings. The van der Waals surface area contributed by atoms with Gasteiger partial charge in [-0.2, -0.15) is 0 Å². The third-order valence-corrected chi connectivity index (χ3v) is 6.39. The van der Waals surface area contributed by atoms with E-state index in [1.165, 1.54) is 0 Å². The van der Waals surface area contributed by atoms with Crippen molar-refractivity contribution in [3.05, 3.63) is 102 Å². The highest BCUT2D eigenvalue weighted by molar-refractivity contribution is 5.78. The van der Waals surface area contributed by atoms with Gasteiger partial charge in [0.2, 0.25) is 0 Å². The second kappa shape index (κ2) is 16.5. The molecule has 0 aliphatic rings. The number of nitrogens with one attached hydrogen (secondary N) is 3. The van der Waals surface area contributed by atoms with Gasteiger partial charge in [0, 0.05) is 13.1 Å². The summed E-state index contributed by atoms with van der Waals surface area (Å²) in [4.78, 5) is 25.2. The number of aliphatic hydroxyl groups excluding tert-OH is 2. The number of carbonyl (C=O) groups excluding carboxylic acids is 2. The van der Waals surface area contributed by atoms with E-state index in [-0.39, 0.29) is 25.6 Å². The molecule has 0 saturated carbocycles. The maximum atomic E-state index is 12.7. The molecular formula is C33H43N3O6. The van der Waals surface area contributed by atoms with Gasteiger partial charge in [0.1, 0.15) is 11.4 Å². The lowest BCUT2D eigenvalue weighted by molar-refractivity contribution is -0.124. The summed E-state index contributed by atoms with van der Waals surface area (Å²) in [6.45, 7) is 5.32. The van der Waals surface area contributed by atoms with Gasteiger partial charge in [-0.25, -0.2) is 4.79 Å². The second-order valence-corrected chi connectivity index (χ2v) is 11.2. The Kier molecular flexibility index (Phi) is 12.8. The Labute approximate surface area is 248 Å². The summed E-state index contributed by atoms with van der Waals surface area (Å²) in [6, 6.07) is 26.9. The second-order valence-electron chi connectivity index (χ2n) is 11.2. The van der Waals surface area contributed by atoms with Crippen LogP contribution in [0.1, 0.15) is 31.9 Å². The number of rotatable bonds is 15. The third-order valence-electron chi connectivity index (χ3n) is 6.39. The van der Waals surface area contributed by atoms with Gasteiger partial charge in [-0.3, -0.25) is 4.79 Å². The molecule has 226 valence electrons. The molecular weight excluding hydrogens is 534 g/mol. The standard InChI is InChI=1S/C33H43N3O6/c1-33(2,3)42-32(40)36-28(20-25-15-9-5-10-16-25)30(38)22-34-21-29(37)27(19-24-13-7-4-8-14-24)35-31(39)23-41-26-17-11-6-12-18-26/h4-18,27-30,34,37-38H,19-23H2,1-3H3,(H,35,39)(H,36,40)/t27-,28-,29+,30+/m0/s1. The van der Waals surface area contributed by atoms with Crippen LogP contribution in [-0.4, -0.2) is 71.8 Å². The summed E-state index contributed by atoms with van der Waals surface area (Å²) in [5.41, 5.74) is 1.22. The maximum Gasteiger partial charge on any atom is 0.407 e. The molecule has 0 aromatic heterocycles. The van der Waals surface area contributed by atoms with Gasteiger partial charge in [-0.1, -0.05) is 78.9 Å². The van der Waals surface area contributed by atoms with Crippen molar-refractivity contribution in [2.75, 3.05) is 19.7 Å². The Bertz CT molecular complexity index is 1200. The molecule has 9 heteroatoms. The van der Waals surface area contributed by atoms with Crippen LogP contribution in [0.3, 0.4) is 0 Å². The van der Waals surface area contributed by atoms with E-state index in [1.807, 2.05) is 78.9 Å². The minimum atomic E-state index is -0.980. The number of alkyl carbamates (subject to hydrolysis) is 1. The van der Waals surface area contributed by atoms with E-state index >= 15 is 0 Å². The van der Waals surface area contributed by atoms with E-state index in [4.69, 9.17) is 9.47 Å². The van der Waals surface area contributed by atoms with Crippen molar-refractivity contribution in [2.45, 2.75) is 63.5 Å². The number of ether oxygens (including phenoxy) is 2. The van der Waals surface area contributed by atoms with Gasteiger partial charge in [-0.15, -0.1) is 0 Å². The lowest BCUT2D eigenvalue weighted by atomic mass is 10.00. The SMILES string of the molecule is CC(C)(C)OC(=O)N[C@@H](Cc1ccccc1)[C@H](O)CNC[C@@H](O)[C@H](Cc1ccccc1)NC(=O)COc1ccccc1. The summed E-state index contributed by atoms with van der Waals surface area (Å²) >= 11 is 0. The largest absolute Gasteiger partial charge is 0.484 e. The summed E-state index contributed by atoms with van der Waals surface area (Å²) in [6.07, 6.45) is -1.78. The summed E-state index contributed by atoms with van der Waals surface area (Å²) in [5.74, 6) is 0.219. The first-order valence-corrected chi connectivity index (χ1v) is 14.2. The fraction of sp³-hybridized carbons (Fsp3) is 0.394. The predicted octanol–water partition coefficient (Wildman–Crippen LogP) is 3.24. The normalized spacial score (nSPS) is 14.2. The molecule has 0 saturated heterocycles. The average Bonchev–Trinajstić information content (AvgIpc) is 2.96. The lowest BCUT2D eigenvalue weighted by Gasteiger charge is -2.28. The molecule has 0 spiro atoms. The van der Waals surface area contributed by atoms with E-state index in [2.05, 4.69) is 16.0 Å². The Hall–Kier alpha value is -3.92. The van der Waals surface area contributed by atoms with Crippen LogP contribution in [0.4, 0.5) is 4.79 Å². The van der Waals surface area contributed by atoms with Gasteiger partial charge in [0.25, 0.3) is 5.91 Å². The zero-order chi connectivity index (χ0) is 30.4. The first-order valence-electron chi connectivity index (χ1n) is 14.2. The van der Waals surface area contributed by atoms with Gasteiger partial charge < -0.3 is 35.6 Å². The lowest BCUT2D eigenvalue weighted by Crippen LogP contribution is -2.53. The third kappa shape index (κ3) is 12.3. The van der Waals surface area contributed by atoms with Crippen LogP contribution in [0, 0.1) is 0 Å². The maximum absolute atomic E-state index is 12.7. The number of amides is 2. The number of para-hydroxylation sites is 1. The van der Waals surface area contributed by atoms with E-state index in [1.54, 1.807) is 32.9 Å². The number of hydrogen-bond donors (Lipinski definition) is 5.